The van der Waals surface area contributed by atoms with Crippen molar-refractivity contribution in [2.24, 2.45) is 0 Å². The number of nitrogens with zero attached hydrogens (tertiary/aromatic N) is 4. The summed E-state index contributed by atoms with van der Waals surface area (Å²) in [7, 11) is 0. The number of pyridine rings is 1. The van der Waals surface area contributed by atoms with Crippen molar-refractivity contribution in [2.45, 2.75) is 33.4 Å². The van der Waals surface area contributed by atoms with E-state index in [2.05, 4.69) is 26.8 Å². The molecule has 0 bridgehead atoms. The lowest BCUT2D eigenvalue weighted by Gasteiger charge is -2.28. The average molecular weight is 289 g/mol. The SMILES string of the molecule is Cc1ncc2c(n1)CCN(Cc1cnc(Cl)cc1C)C2. The summed E-state index contributed by atoms with van der Waals surface area (Å²) in [6.45, 7) is 6.83. The van der Waals surface area contributed by atoms with Crippen molar-refractivity contribution in [3.63, 3.8) is 0 Å². The molecule has 3 heterocycles. The van der Waals surface area contributed by atoms with E-state index in [1.54, 1.807) is 0 Å². The molecule has 1 aliphatic heterocycles. The Morgan fingerprint density at radius 1 is 1.25 bits per heavy atom. The fraction of sp³-hybridized carbons (Fsp3) is 0.400. The number of halogens is 1. The molecule has 20 heavy (non-hydrogen) atoms. The number of rotatable bonds is 2. The van der Waals surface area contributed by atoms with Gasteiger partial charge >= 0.3 is 0 Å². The van der Waals surface area contributed by atoms with Gasteiger partial charge in [-0.3, -0.25) is 4.90 Å². The summed E-state index contributed by atoms with van der Waals surface area (Å²) in [4.78, 5) is 15.4. The first-order valence-corrected chi connectivity index (χ1v) is 7.14. The van der Waals surface area contributed by atoms with Gasteiger partial charge in [-0.15, -0.1) is 0 Å². The fourth-order valence-electron chi connectivity index (χ4n) is 2.57. The predicted molar refractivity (Wildman–Crippen MR) is 78.6 cm³/mol. The minimum absolute atomic E-state index is 0.555. The lowest BCUT2D eigenvalue weighted by atomic mass is 10.1. The van der Waals surface area contributed by atoms with Crippen molar-refractivity contribution >= 4 is 11.6 Å². The highest BCUT2D eigenvalue weighted by molar-refractivity contribution is 6.29. The van der Waals surface area contributed by atoms with Crippen LogP contribution in [-0.4, -0.2) is 26.4 Å². The number of fused-ring (bicyclic) bond motifs is 1. The van der Waals surface area contributed by atoms with Gasteiger partial charge in [0.25, 0.3) is 0 Å². The van der Waals surface area contributed by atoms with Crippen molar-refractivity contribution in [1.82, 2.24) is 19.9 Å². The smallest absolute Gasteiger partial charge is 0.129 e. The molecule has 4 nitrogen and oxygen atoms in total. The zero-order chi connectivity index (χ0) is 14.1. The Kier molecular flexibility index (Phi) is 3.68. The lowest BCUT2D eigenvalue weighted by Crippen LogP contribution is -2.31. The van der Waals surface area contributed by atoms with E-state index in [0.29, 0.717) is 5.15 Å². The molecular weight excluding hydrogens is 272 g/mol. The third kappa shape index (κ3) is 2.81. The largest absolute Gasteiger partial charge is 0.294 e. The summed E-state index contributed by atoms with van der Waals surface area (Å²) >= 11 is 5.90. The molecule has 0 N–H and O–H groups in total. The second-order valence-electron chi connectivity index (χ2n) is 5.28. The summed E-state index contributed by atoms with van der Waals surface area (Å²) in [5, 5.41) is 0.555. The Morgan fingerprint density at radius 2 is 2.10 bits per heavy atom. The van der Waals surface area contributed by atoms with Crippen molar-refractivity contribution < 1.29 is 0 Å². The monoisotopic (exact) mass is 288 g/mol. The van der Waals surface area contributed by atoms with Crippen LogP contribution in [0.4, 0.5) is 0 Å². The van der Waals surface area contributed by atoms with Crippen LogP contribution >= 0.6 is 11.6 Å². The van der Waals surface area contributed by atoms with Gasteiger partial charge in [-0.25, -0.2) is 15.0 Å². The van der Waals surface area contributed by atoms with Crippen LogP contribution in [-0.2, 0) is 19.5 Å². The Hall–Kier alpha value is -1.52. The molecular formula is C15H17ClN4. The zero-order valence-electron chi connectivity index (χ0n) is 11.7. The quantitative estimate of drug-likeness (QED) is 0.797. The van der Waals surface area contributed by atoms with Gasteiger partial charge in [-0.1, -0.05) is 11.6 Å². The van der Waals surface area contributed by atoms with Gasteiger partial charge in [0.1, 0.15) is 11.0 Å². The van der Waals surface area contributed by atoms with Gasteiger partial charge < -0.3 is 0 Å². The molecule has 104 valence electrons. The van der Waals surface area contributed by atoms with Gasteiger partial charge in [0.05, 0.1) is 0 Å². The number of aromatic nitrogens is 3. The van der Waals surface area contributed by atoms with Crippen LogP contribution in [0.3, 0.4) is 0 Å². The van der Waals surface area contributed by atoms with E-state index >= 15 is 0 Å². The average Bonchev–Trinajstić information content (AvgIpc) is 2.42. The number of hydrogen-bond acceptors (Lipinski definition) is 4. The molecule has 0 saturated carbocycles. The third-order valence-electron chi connectivity index (χ3n) is 3.71. The van der Waals surface area contributed by atoms with Gasteiger partial charge in [0, 0.05) is 49.7 Å². The fourth-order valence-corrected chi connectivity index (χ4v) is 2.78. The zero-order valence-corrected chi connectivity index (χ0v) is 12.5. The molecule has 0 amide bonds. The molecule has 0 fully saturated rings. The molecule has 0 spiro atoms. The Balaban J connectivity index is 1.75. The Bertz CT molecular complexity index is 642. The second-order valence-corrected chi connectivity index (χ2v) is 5.67. The maximum absolute atomic E-state index is 5.90. The van der Waals surface area contributed by atoms with E-state index in [4.69, 9.17) is 11.6 Å². The van der Waals surface area contributed by atoms with E-state index < -0.39 is 0 Å². The van der Waals surface area contributed by atoms with E-state index in [1.807, 2.05) is 25.4 Å². The van der Waals surface area contributed by atoms with E-state index in [9.17, 15) is 0 Å². The summed E-state index contributed by atoms with van der Waals surface area (Å²) < 4.78 is 0. The minimum Gasteiger partial charge on any atom is -0.294 e. The molecule has 0 unspecified atom stereocenters. The first kappa shape index (κ1) is 13.5. The first-order valence-electron chi connectivity index (χ1n) is 6.76. The van der Waals surface area contributed by atoms with Crippen LogP contribution in [0.1, 0.15) is 28.2 Å². The van der Waals surface area contributed by atoms with Crippen LogP contribution in [0.5, 0.6) is 0 Å². The highest BCUT2D eigenvalue weighted by Crippen LogP contribution is 2.20. The van der Waals surface area contributed by atoms with Crippen molar-refractivity contribution in [3.8, 4) is 0 Å². The molecule has 0 atom stereocenters. The van der Waals surface area contributed by atoms with Gasteiger partial charge in [0.15, 0.2) is 0 Å². The van der Waals surface area contributed by atoms with Crippen LogP contribution in [0.2, 0.25) is 5.15 Å². The van der Waals surface area contributed by atoms with E-state index in [0.717, 1.165) is 31.9 Å². The predicted octanol–water partition coefficient (Wildman–Crippen LogP) is 2.70. The third-order valence-corrected chi connectivity index (χ3v) is 3.92. The summed E-state index contributed by atoms with van der Waals surface area (Å²) in [5.74, 6) is 0.856. The summed E-state index contributed by atoms with van der Waals surface area (Å²) in [5.41, 5.74) is 4.85. The van der Waals surface area contributed by atoms with Gasteiger partial charge in [-0.2, -0.15) is 0 Å². The molecule has 0 radical (unpaired) electrons. The number of aryl methyl sites for hydroxylation is 2. The molecule has 2 aromatic rings. The standard InChI is InChI=1S/C15H17ClN4/c1-10-5-15(16)18-6-12(10)8-20-4-3-14-13(9-20)7-17-11(2)19-14/h5-7H,3-4,8-9H2,1-2H3. The normalized spacial score (nSPS) is 15.2. The van der Waals surface area contributed by atoms with Crippen molar-refractivity contribution in [2.75, 3.05) is 6.54 Å². The highest BCUT2D eigenvalue weighted by atomic mass is 35.5. The second kappa shape index (κ2) is 5.46. The van der Waals surface area contributed by atoms with E-state index in [1.165, 1.54) is 22.4 Å². The van der Waals surface area contributed by atoms with Gasteiger partial charge in [-0.05, 0) is 31.0 Å². The minimum atomic E-state index is 0.555. The maximum Gasteiger partial charge on any atom is 0.129 e. The molecule has 0 aliphatic carbocycles. The van der Waals surface area contributed by atoms with Crippen LogP contribution in [0, 0.1) is 13.8 Å². The summed E-state index contributed by atoms with van der Waals surface area (Å²) in [6, 6.07) is 1.92. The molecule has 5 heteroatoms. The Morgan fingerprint density at radius 3 is 2.90 bits per heavy atom. The molecule has 3 rings (SSSR count). The first-order chi connectivity index (χ1) is 9.61. The molecule has 2 aromatic heterocycles. The summed E-state index contributed by atoms with van der Waals surface area (Å²) in [6.07, 6.45) is 4.81. The van der Waals surface area contributed by atoms with E-state index in [-0.39, 0.29) is 0 Å². The van der Waals surface area contributed by atoms with Crippen LogP contribution < -0.4 is 0 Å². The van der Waals surface area contributed by atoms with Crippen LogP contribution in [0.15, 0.2) is 18.5 Å². The van der Waals surface area contributed by atoms with Crippen molar-refractivity contribution in [1.29, 1.82) is 0 Å². The van der Waals surface area contributed by atoms with Crippen molar-refractivity contribution in [3.05, 3.63) is 51.8 Å². The highest BCUT2D eigenvalue weighted by Gasteiger charge is 2.18. The Labute approximate surface area is 123 Å². The molecule has 1 aliphatic rings. The molecule has 0 aromatic carbocycles. The van der Waals surface area contributed by atoms with Gasteiger partial charge in [0.2, 0.25) is 0 Å². The topological polar surface area (TPSA) is 41.9 Å². The maximum atomic E-state index is 5.90. The number of hydrogen-bond donors (Lipinski definition) is 0. The van der Waals surface area contributed by atoms with Crippen LogP contribution in [0.25, 0.3) is 0 Å². The lowest BCUT2D eigenvalue weighted by molar-refractivity contribution is 0.242. The molecule has 0 saturated heterocycles.